The molecular formula is C40H30Cl2N2O4. The Morgan fingerprint density at radius 3 is 1.60 bits per heavy atom. The number of likely N-dealkylation sites (tertiary alicyclic amines) is 1. The van der Waals surface area contributed by atoms with Crippen molar-refractivity contribution in [1.29, 1.82) is 0 Å². The molecule has 5 aromatic rings. The summed E-state index contributed by atoms with van der Waals surface area (Å²) < 4.78 is 5.95. The van der Waals surface area contributed by atoms with Gasteiger partial charge in [-0.3, -0.25) is 19.3 Å². The molecule has 6 nitrogen and oxygen atoms in total. The van der Waals surface area contributed by atoms with Gasteiger partial charge >= 0.3 is 0 Å². The summed E-state index contributed by atoms with van der Waals surface area (Å²) in [4.78, 5) is 42.1. The van der Waals surface area contributed by atoms with Gasteiger partial charge in [-0.2, -0.15) is 0 Å². The van der Waals surface area contributed by atoms with E-state index < -0.39 is 45.3 Å². The van der Waals surface area contributed by atoms with Crippen LogP contribution in [0.4, 0.5) is 5.69 Å². The number of rotatable bonds is 7. The molecule has 0 aromatic heterocycles. The van der Waals surface area contributed by atoms with Crippen molar-refractivity contribution in [1.82, 2.24) is 4.90 Å². The highest BCUT2D eigenvalue weighted by Gasteiger charge is 2.73. The van der Waals surface area contributed by atoms with E-state index in [-0.39, 0.29) is 6.42 Å². The van der Waals surface area contributed by atoms with Crippen molar-refractivity contribution in [2.45, 2.75) is 29.1 Å². The van der Waals surface area contributed by atoms with Crippen LogP contribution >= 0.6 is 23.2 Å². The highest BCUT2D eigenvalue weighted by molar-refractivity contribution is 6.36. The zero-order chi connectivity index (χ0) is 33.2. The highest BCUT2D eigenvalue weighted by Crippen LogP contribution is 2.69. The Morgan fingerprint density at radius 2 is 1.12 bits per heavy atom. The molecule has 5 aromatic carbocycles. The van der Waals surface area contributed by atoms with Gasteiger partial charge in [-0.05, 0) is 71.1 Å². The van der Waals surface area contributed by atoms with Gasteiger partial charge in [0.2, 0.25) is 17.7 Å². The molecule has 48 heavy (non-hydrogen) atoms. The van der Waals surface area contributed by atoms with E-state index in [4.69, 9.17) is 27.9 Å². The summed E-state index contributed by atoms with van der Waals surface area (Å²) >= 11 is 15.3. The standard InChI is InChI=1S/C40H30Cl2N2O4/c1-24-15-19-27(20-16-24)48-28-21-17-26(18-22-28)43-36(45)33(23-25-9-3-2-4-10-25)44-37(46)34-35(38(44)47)40(42)30-12-6-5-11-29(30)39(34,41)31-13-7-8-14-32(31)40/h2-22,33-35H,23H2,1H3,(H,43,45)/t33-,34-,35-,39?,40?/m0/s1. The van der Waals surface area contributed by atoms with Crippen LogP contribution in [0.1, 0.15) is 33.4 Å². The lowest BCUT2D eigenvalue weighted by molar-refractivity contribution is -0.146. The van der Waals surface area contributed by atoms with Crippen LogP contribution in [-0.2, 0) is 30.6 Å². The molecule has 9 rings (SSSR count). The lowest BCUT2D eigenvalue weighted by Crippen LogP contribution is -2.57. The normalized spacial score (nSPS) is 24.0. The zero-order valence-corrected chi connectivity index (χ0v) is 27.4. The number of hydrogen-bond acceptors (Lipinski definition) is 4. The summed E-state index contributed by atoms with van der Waals surface area (Å²) in [5.74, 6) is -2.22. The molecule has 1 fully saturated rings. The number of carbonyl (C=O) groups is 3. The second-order valence-electron chi connectivity index (χ2n) is 12.7. The molecule has 1 N–H and O–H groups in total. The first-order chi connectivity index (χ1) is 23.2. The third-order valence-electron chi connectivity index (χ3n) is 9.88. The van der Waals surface area contributed by atoms with Crippen molar-refractivity contribution in [2.75, 3.05) is 5.32 Å². The minimum Gasteiger partial charge on any atom is -0.457 e. The molecule has 1 heterocycles. The van der Waals surface area contributed by atoms with Gasteiger partial charge in [0.1, 0.15) is 27.3 Å². The van der Waals surface area contributed by atoms with Gasteiger partial charge in [0.05, 0.1) is 11.8 Å². The molecule has 0 spiro atoms. The number of amides is 3. The van der Waals surface area contributed by atoms with Crippen molar-refractivity contribution in [3.8, 4) is 11.5 Å². The number of nitrogens with zero attached hydrogens (tertiary/aromatic N) is 1. The summed E-state index contributed by atoms with van der Waals surface area (Å²) in [6.45, 7) is 2.01. The Bertz CT molecular complexity index is 1960. The van der Waals surface area contributed by atoms with E-state index in [1.54, 1.807) is 24.3 Å². The number of alkyl halides is 2. The van der Waals surface area contributed by atoms with E-state index in [9.17, 15) is 14.4 Å². The fourth-order valence-corrected chi connectivity index (χ4v) is 8.81. The number of nitrogens with one attached hydrogen (secondary N) is 1. The van der Waals surface area contributed by atoms with Gasteiger partial charge in [0.15, 0.2) is 0 Å². The number of benzene rings is 5. The number of carbonyl (C=O) groups excluding carboxylic acids is 3. The maximum Gasteiger partial charge on any atom is 0.248 e. The molecule has 1 aliphatic heterocycles. The molecule has 2 bridgehead atoms. The average molecular weight is 674 g/mol. The minimum absolute atomic E-state index is 0.114. The summed E-state index contributed by atoms with van der Waals surface area (Å²) in [6, 6.07) is 37.8. The fourth-order valence-electron chi connectivity index (χ4n) is 7.71. The Labute approximate surface area is 288 Å². The van der Waals surface area contributed by atoms with E-state index in [1.807, 2.05) is 110 Å². The predicted octanol–water partition coefficient (Wildman–Crippen LogP) is 7.93. The van der Waals surface area contributed by atoms with Crippen molar-refractivity contribution >= 4 is 46.6 Å². The first-order valence-corrected chi connectivity index (χ1v) is 16.6. The van der Waals surface area contributed by atoms with Crippen molar-refractivity contribution in [3.63, 3.8) is 0 Å². The Kier molecular flexibility index (Phi) is 7.20. The molecule has 3 atom stereocenters. The van der Waals surface area contributed by atoms with E-state index in [1.165, 1.54) is 0 Å². The SMILES string of the molecule is Cc1ccc(Oc2ccc(NC(=O)[C@H](Cc3ccccc3)N3C(=O)[C@@H]4[C@@H](C3=O)C3(Cl)c5ccccc5C4(Cl)c4ccccc43)cc2)cc1. The molecular weight excluding hydrogens is 643 g/mol. The molecule has 0 radical (unpaired) electrons. The van der Waals surface area contributed by atoms with Crippen LogP contribution in [0.15, 0.2) is 127 Å². The van der Waals surface area contributed by atoms with E-state index in [2.05, 4.69) is 5.32 Å². The maximum absolute atomic E-state index is 14.7. The van der Waals surface area contributed by atoms with Crippen LogP contribution in [0.25, 0.3) is 0 Å². The molecule has 4 aliphatic rings. The smallest absolute Gasteiger partial charge is 0.248 e. The summed E-state index contributed by atoms with van der Waals surface area (Å²) in [6.07, 6.45) is 0.114. The Balaban J connectivity index is 1.15. The quantitative estimate of drug-likeness (QED) is 0.141. The van der Waals surface area contributed by atoms with Gasteiger partial charge in [-0.1, -0.05) is 96.6 Å². The maximum atomic E-state index is 14.7. The monoisotopic (exact) mass is 672 g/mol. The average Bonchev–Trinajstić information content (AvgIpc) is 3.38. The summed E-state index contributed by atoms with van der Waals surface area (Å²) in [7, 11) is 0. The first kappa shape index (κ1) is 30.4. The van der Waals surface area contributed by atoms with Crippen LogP contribution in [0, 0.1) is 18.8 Å². The molecule has 3 aliphatic carbocycles. The molecule has 238 valence electrons. The van der Waals surface area contributed by atoms with Crippen LogP contribution in [0.2, 0.25) is 0 Å². The number of anilines is 1. The molecule has 0 unspecified atom stereocenters. The fraction of sp³-hybridized carbons (Fsp3) is 0.175. The van der Waals surface area contributed by atoms with Gasteiger partial charge in [-0.25, -0.2) is 0 Å². The highest BCUT2D eigenvalue weighted by atomic mass is 35.5. The molecule has 0 saturated carbocycles. The van der Waals surface area contributed by atoms with Gasteiger partial charge < -0.3 is 10.1 Å². The largest absolute Gasteiger partial charge is 0.457 e. The molecule has 8 heteroatoms. The summed E-state index contributed by atoms with van der Waals surface area (Å²) in [5.41, 5.74) is 5.26. The number of halogens is 2. The van der Waals surface area contributed by atoms with Crippen molar-refractivity contribution < 1.29 is 19.1 Å². The molecule has 1 saturated heterocycles. The Hall–Kier alpha value is -4.91. The van der Waals surface area contributed by atoms with E-state index in [0.29, 0.717) is 39.4 Å². The number of aryl methyl sites for hydroxylation is 1. The third kappa shape index (κ3) is 4.50. The van der Waals surface area contributed by atoms with Crippen molar-refractivity contribution in [2.24, 2.45) is 11.8 Å². The molecule has 3 amide bonds. The minimum atomic E-state index is -1.34. The number of ether oxygens (including phenoxy) is 1. The van der Waals surface area contributed by atoms with Gasteiger partial charge in [0.25, 0.3) is 0 Å². The summed E-state index contributed by atoms with van der Waals surface area (Å²) in [5, 5.41) is 2.94. The van der Waals surface area contributed by atoms with Crippen LogP contribution in [0.5, 0.6) is 11.5 Å². The van der Waals surface area contributed by atoms with Crippen molar-refractivity contribution in [3.05, 3.63) is 161 Å². The van der Waals surface area contributed by atoms with E-state index >= 15 is 0 Å². The third-order valence-corrected chi connectivity index (χ3v) is 11.2. The number of hydrogen-bond donors (Lipinski definition) is 1. The first-order valence-electron chi connectivity index (χ1n) is 15.9. The zero-order valence-electron chi connectivity index (χ0n) is 25.9. The Morgan fingerprint density at radius 1 is 0.688 bits per heavy atom. The lowest BCUT2D eigenvalue weighted by atomic mass is 9.54. The van der Waals surface area contributed by atoms with Gasteiger partial charge in [-0.15, -0.1) is 23.2 Å². The van der Waals surface area contributed by atoms with Crippen LogP contribution in [0.3, 0.4) is 0 Å². The number of imide groups is 1. The second-order valence-corrected chi connectivity index (χ2v) is 13.8. The van der Waals surface area contributed by atoms with Crippen LogP contribution < -0.4 is 10.1 Å². The predicted molar refractivity (Wildman–Crippen MR) is 185 cm³/mol. The lowest BCUT2D eigenvalue weighted by Gasteiger charge is -2.54. The van der Waals surface area contributed by atoms with Gasteiger partial charge in [0, 0.05) is 12.1 Å². The van der Waals surface area contributed by atoms with Crippen LogP contribution in [-0.4, -0.2) is 28.7 Å². The second kappa shape index (κ2) is 11.4. The topological polar surface area (TPSA) is 75.7 Å². The van der Waals surface area contributed by atoms with E-state index in [0.717, 1.165) is 16.0 Å².